The molecule has 2 aromatic rings. The lowest BCUT2D eigenvalue weighted by molar-refractivity contribution is 0.206. The Balaban J connectivity index is 2.08. The highest BCUT2D eigenvalue weighted by molar-refractivity contribution is 6.31. The van der Waals surface area contributed by atoms with Gasteiger partial charge in [0.1, 0.15) is 11.9 Å². The molecule has 0 radical (unpaired) electrons. The molecule has 0 amide bonds. The van der Waals surface area contributed by atoms with Gasteiger partial charge >= 0.3 is 0 Å². The third kappa shape index (κ3) is 3.14. The maximum absolute atomic E-state index is 6.30. The van der Waals surface area contributed by atoms with Gasteiger partial charge in [0, 0.05) is 22.6 Å². The monoisotopic (exact) mass is 328 g/mol. The Morgan fingerprint density at radius 3 is 2.70 bits per heavy atom. The minimum atomic E-state index is -0.231. The highest BCUT2D eigenvalue weighted by Gasteiger charge is 2.28. The topological polar surface area (TPSA) is 86.0 Å². The first-order valence-corrected chi connectivity index (χ1v) is 7.60. The average Bonchev–Trinajstić information content (AvgIpc) is 2.53. The van der Waals surface area contributed by atoms with E-state index in [-0.39, 0.29) is 12.1 Å². The lowest BCUT2D eigenvalue weighted by atomic mass is 9.93. The molecule has 2 aromatic carbocycles. The second-order valence-electron chi connectivity index (χ2n) is 5.35. The van der Waals surface area contributed by atoms with E-state index in [9.17, 15) is 0 Å². The lowest BCUT2D eigenvalue weighted by Gasteiger charge is -2.28. The van der Waals surface area contributed by atoms with Crippen LogP contribution < -0.4 is 16.2 Å². The summed E-state index contributed by atoms with van der Waals surface area (Å²) < 4.78 is 6.14. The van der Waals surface area contributed by atoms with Gasteiger partial charge in [0.25, 0.3) is 0 Å². The molecule has 0 saturated heterocycles. The zero-order valence-electron chi connectivity index (χ0n) is 12.7. The van der Waals surface area contributed by atoms with Crippen LogP contribution in [0.15, 0.2) is 52.7 Å². The van der Waals surface area contributed by atoms with Crippen LogP contribution in [0.1, 0.15) is 29.2 Å². The molecule has 0 bridgehead atoms. The fourth-order valence-electron chi connectivity index (χ4n) is 2.70. The van der Waals surface area contributed by atoms with Crippen molar-refractivity contribution >= 4 is 23.3 Å². The third-order valence-electron chi connectivity index (χ3n) is 3.71. The normalized spacial score (nSPS) is 18.2. The maximum atomic E-state index is 6.30. The second kappa shape index (κ2) is 6.30. The van der Waals surface area contributed by atoms with Crippen molar-refractivity contribution in [2.45, 2.75) is 19.4 Å². The standard InChI is InChI=1S/C17H17ClN4O/c1-10-5-4-8-14-16(10)13(21-22-17(19)20)9-15(23-14)11-6-2-3-7-12(11)18/h2-8,15H,9H2,1H3,(H4,19,20,22)/b21-13+. The summed E-state index contributed by atoms with van der Waals surface area (Å²) in [5, 5.41) is 8.69. The zero-order valence-corrected chi connectivity index (χ0v) is 13.4. The van der Waals surface area contributed by atoms with Crippen molar-refractivity contribution in [2.24, 2.45) is 21.7 Å². The van der Waals surface area contributed by atoms with E-state index in [2.05, 4.69) is 10.2 Å². The molecule has 0 spiro atoms. The van der Waals surface area contributed by atoms with Gasteiger partial charge in [0.15, 0.2) is 0 Å². The van der Waals surface area contributed by atoms with E-state index >= 15 is 0 Å². The first-order valence-electron chi connectivity index (χ1n) is 7.23. The van der Waals surface area contributed by atoms with Crippen molar-refractivity contribution in [1.29, 1.82) is 0 Å². The number of guanidine groups is 1. The molecular formula is C17H17ClN4O. The van der Waals surface area contributed by atoms with Crippen LogP contribution in [0.25, 0.3) is 0 Å². The molecule has 1 aliphatic rings. The van der Waals surface area contributed by atoms with E-state index in [0.717, 1.165) is 28.2 Å². The number of nitrogens with zero attached hydrogens (tertiary/aromatic N) is 2. The fraction of sp³-hybridized carbons (Fsp3) is 0.176. The van der Waals surface area contributed by atoms with Gasteiger partial charge < -0.3 is 16.2 Å². The minimum absolute atomic E-state index is 0.0755. The molecule has 118 valence electrons. The van der Waals surface area contributed by atoms with Crippen LogP contribution in [-0.2, 0) is 0 Å². The van der Waals surface area contributed by atoms with Crippen molar-refractivity contribution in [1.82, 2.24) is 0 Å². The summed E-state index contributed by atoms with van der Waals surface area (Å²) in [6.45, 7) is 2.00. The van der Waals surface area contributed by atoms with Gasteiger partial charge in [-0.1, -0.05) is 41.9 Å². The van der Waals surface area contributed by atoms with Crippen molar-refractivity contribution in [3.05, 3.63) is 64.2 Å². The molecule has 6 heteroatoms. The number of ether oxygens (including phenoxy) is 1. The number of fused-ring (bicyclic) bond motifs is 1. The van der Waals surface area contributed by atoms with Crippen LogP contribution in [0, 0.1) is 6.92 Å². The quantitative estimate of drug-likeness (QED) is 0.504. The molecule has 0 saturated carbocycles. The molecule has 23 heavy (non-hydrogen) atoms. The van der Waals surface area contributed by atoms with E-state index in [1.165, 1.54) is 0 Å². The molecular weight excluding hydrogens is 312 g/mol. The summed E-state index contributed by atoms with van der Waals surface area (Å²) >= 11 is 6.30. The minimum Gasteiger partial charge on any atom is -0.485 e. The van der Waals surface area contributed by atoms with Gasteiger partial charge in [-0.05, 0) is 24.6 Å². The van der Waals surface area contributed by atoms with Crippen LogP contribution in [0.5, 0.6) is 5.75 Å². The van der Waals surface area contributed by atoms with Crippen molar-refractivity contribution in [3.8, 4) is 5.75 Å². The predicted octanol–water partition coefficient (Wildman–Crippen LogP) is 3.15. The molecule has 0 aliphatic carbocycles. The summed E-state index contributed by atoms with van der Waals surface area (Å²) in [7, 11) is 0. The van der Waals surface area contributed by atoms with Gasteiger partial charge in [-0.25, -0.2) is 0 Å². The molecule has 4 N–H and O–H groups in total. The first kappa shape index (κ1) is 15.4. The molecule has 1 aliphatic heterocycles. The van der Waals surface area contributed by atoms with Crippen molar-refractivity contribution in [2.75, 3.05) is 0 Å². The highest BCUT2D eigenvalue weighted by Crippen LogP contribution is 2.38. The number of rotatable bonds is 2. The van der Waals surface area contributed by atoms with Crippen molar-refractivity contribution in [3.63, 3.8) is 0 Å². The van der Waals surface area contributed by atoms with E-state index in [0.29, 0.717) is 11.4 Å². The van der Waals surface area contributed by atoms with Crippen LogP contribution in [0.2, 0.25) is 5.02 Å². The highest BCUT2D eigenvalue weighted by atomic mass is 35.5. The predicted molar refractivity (Wildman–Crippen MR) is 93.0 cm³/mol. The molecule has 3 rings (SSSR count). The Morgan fingerprint density at radius 1 is 1.17 bits per heavy atom. The molecule has 1 heterocycles. The Labute approximate surface area is 139 Å². The third-order valence-corrected chi connectivity index (χ3v) is 4.05. The lowest BCUT2D eigenvalue weighted by Crippen LogP contribution is -2.24. The summed E-state index contributed by atoms with van der Waals surface area (Å²) in [4.78, 5) is 0. The smallest absolute Gasteiger partial charge is 0.211 e. The van der Waals surface area contributed by atoms with Gasteiger partial charge in [-0.15, -0.1) is 5.10 Å². The summed E-state index contributed by atoms with van der Waals surface area (Å²) in [6.07, 6.45) is 0.309. The van der Waals surface area contributed by atoms with Gasteiger partial charge in [0.05, 0.1) is 5.71 Å². The molecule has 5 nitrogen and oxygen atoms in total. The fourth-order valence-corrected chi connectivity index (χ4v) is 2.96. The SMILES string of the molecule is Cc1cccc2c1/C(=N/N=C(N)N)CC(c1ccccc1Cl)O2. The zero-order chi connectivity index (χ0) is 16.4. The van der Waals surface area contributed by atoms with Gasteiger partial charge in [0.2, 0.25) is 5.96 Å². The van der Waals surface area contributed by atoms with E-state index in [4.69, 9.17) is 27.8 Å². The van der Waals surface area contributed by atoms with Gasteiger partial charge in [-0.2, -0.15) is 5.10 Å². The van der Waals surface area contributed by atoms with E-state index in [1.54, 1.807) is 0 Å². The van der Waals surface area contributed by atoms with E-state index in [1.807, 2.05) is 49.4 Å². The number of benzene rings is 2. The Hall–Kier alpha value is -2.53. The number of halogens is 1. The Morgan fingerprint density at radius 2 is 1.96 bits per heavy atom. The van der Waals surface area contributed by atoms with E-state index < -0.39 is 0 Å². The second-order valence-corrected chi connectivity index (χ2v) is 5.76. The molecule has 0 aromatic heterocycles. The Kier molecular flexibility index (Phi) is 4.21. The Bertz CT molecular complexity index is 797. The maximum Gasteiger partial charge on any atom is 0.211 e. The van der Waals surface area contributed by atoms with Crippen LogP contribution in [-0.4, -0.2) is 11.7 Å². The number of nitrogens with two attached hydrogens (primary N) is 2. The molecule has 1 unspecified atom stereocenters. The number of aryl methyl sites for hydroxylation is 1. The summed E-state index contributed by atoms with van der Waals surface area (Å²) in [5.41, 5.74) is 14.5. The largest absolute Gasteiger partial charge is 0.485 e. The van der Waals surface area contributed by atoms with Crippen molar-refractivity contribution < 1.29 is 4.74 Å². The first-order chi connectivity index (χ1) is 11.1. The number of hydrogen-bond acceptors (Lipinski definition) is 3. The molecule has 0 fully saturated rings. The van der Waals surface area contributed by atoms with Crippen LogP contribution in [0.3, 0.4) is 0 Å². The number of hydrogen-bond donors (Lipinski definition) is 2. The summed E-state index contributed by atoms with van der Waals surface area (Å²) in [5.74, 6) is 0.680. The summed E-state index contributed by atoms with van der Waals surface area (Å²) in [6, 6.07) is 13.5. The molecule has 1 atom stereocenters. The average molecular weight is 329 g/mol. The van der Waals surface area contributed by atoms with Crippen LogP contribution in [0.4, 0.5) is 0 Å². The van der Waals surface area contributed by atoms with Crippen LogP contribution >= 0.6 is 11.6 Å². The van der Waals surface area contributed by atoms with Gasteiger partial charge in [-0.3, -0.25) is 0 Å².